The van der Waals surface area contributed by atoms with Crippen LogP contribution < -0.4 is 0 Å². The number of halogens is 3. The summed E-state index contributed by atoms with van der Waals surface area (Å²) in [5.41, 5.74) is 3.60. The van der Waals surface area contributed by atoms with Gasteiger partial charge in [0.2, 0.25) is 0 Å². The summed E-state index contributed by atoms with van der Waals surface area (Å²) in [6, 6.07) is 13.0. The number of aryl methyl sites for hydroxylation is 1. The van der Waals surface area contributed by atoms with Crippen molar-refractivity contribution in [2.75, 3.05) is 0 Å². The highest BCUT2D eigenvalue weighted by molar-refractivity contribution is 6.35. The van der Waals surface area contributed by atoms with Crippen molar-refractivity contribution in [2.24, 2.45) is 7.05 Å². The first-order valence-corrected chi connectivity index (χ1v) is 7.42. The van der Waals surface area contributed by atoms with E-state index in [-0.39, 0.29) is 0 Å². The average Bonchev–Trinajstić information content (AvgIpc) is 2.84. The molecule has 1 heterocycles. The van der Waals surface area contributed by atoms with Gasteiger partial charge in [-0.15, -0.1) is 0 Å². The van der Waals surface area contributed by atoms with Crippen LogP contribution in [0.4, 0.5) is 0 Å². The van der Waals surface area contributed by atoms with Crippen molar-refractivity contribution >= 4 is 34.8 Å². The first-order valence-electron chi connectivity index (χ1n) is 6.29. The van der Waals surface area contributed by atoms with Crippen molar-refractivity contribution in [3.8, 4) is 22.5 Å². The highest BCUT2D eigenvalue weighted by Crippen LogP contribution is 2.36. The molecule has 0 bridgehead atoms. The predicted octanol–water partition coefficient (Wildman–Crippen LogP) is 5.71. The van der Waals surface area contributed by atoms with E-state index in [1.165, 1.54) is 0 Å². The maximum Gasteiger partial charge on any atom is 0.0978 e. The van der Waals surface area contributed by atoms with Crippen molar-refractivity contribution in [3.05, 3.63) is 63.9 Å². The minimum absolute atomic E-state index is 0.619. The standard InChI is InChI=1S/C16H11Cl3N2/c1-21-9-20-15(13-8-12(18)6-7-14(13)19)16(21)10-2-4-11(17)5-3-10/h2-9H,1H3. The number of hydrogen-bond acceptors (Lipinski definition) is 1. The Labute approximate surface area is 137 Å². The number of imidazole rings is 1. The molecule has 0 N–H and O–H groups in total. The van der Waals surface area contributed by atoms with Gasteiger partial charge in [-0.25, -0.2) is 4.98 Å². The van der Waals surface area contributed by atoms with Crippen LogP contribution in [0.3, 0.4) is 0 Å². The summed E-state index contributed by atoms with van der Waals surface area (Å²) in [4.78, 5) is 4.47. The van der Waals surface area contributed by atoms with Crippen LogP contribution >= 0.6 is 34.8 Å². The molecular formula is C16H11Cl3N2. The van der Waals surface area contributed by atoms with Gasteiger partial charge in [0, 0.05) is 28.2 Å². The van der Waals surface area contributed by atoms with Gasteiger partial charge < -0.3 is 4.57 Å². The van der Waals surface area contributed by atoms with E-state index in [2.05, 4.69) is 4.98 Å². The Morgan fingerprint density at radius 2 is 1.57 bits per heavy atom. The van der Waals surface area contributed by atoms with Gasteiger partial charge in [0.25, 0.3) is 0 Å². The predicted molar refractivity (Wildman–Crippen MR) is 89.1 cm³/mol. The van der Waals surface area contributed by atoms with Crippen molar-refractivity contribution in [1.29, 1.82) is 0 Å². The highest BCUT2D eigenvalue weighted by atomic mass is 35.5. The molecule has 0 aliphatic heterocycles. The van der Waals surface area contributed by atoms with E-state index in [1.54, 1.807) is 18.5 Å². The third-order valence-electron chi connectivity index (χ3n) is 3.24. The van der Waals surface area contributed by atoms with Gasteiger partial charge >= 0.3 is 0 Å². The van der Waals surface area contributed by atoms with Gasteiger partial charge in [-0.3, -0.25) is 0 Å². The molecule has 0 saturated carbocycles. The van der Waals surface area contributed by atoms with Crippen LogP contribution in [0.25, 0.3) is 22.5 Å². The molecule has 0 aliphatic carbocycles. The van der Waals surface area contributed by atoms with Crippen molar-refractivity contribution in [1.82, 2.24) is 9.55 Å². The molecule has 21 heavy (non-hydrogen) atoms. The highest BCUT2D eigenvalue weighted by Gasteiger charge is 2.16. The quantitative estimate of drug-likeness (QED) is 0.585. The lowest BCUT2D eigenvalue weighted by Crippen LogP contribution is -1.92. The van der Waals surface area contributed by atoms with Crippen LogP contribution in [0.2, 0.25) is 15.1 Å². The second-order valence-electron chi connectivity index (χ2n) is 4.68. The van der Waals surface area contributed by atoms with Crippen molar-refractivity contribution < 1.29 is 0 Å². The van der Waals surface area contributed by atoms with Gasteiger partial charge in [0.15, 0.2) is 0 Å². The molecule has 3 rings (SSSR count). The smallest absolute Gasteiger partial charge is 0.0978 e. The number of hydrogen-bond donors (Lipinski definition) is 0. The molecule has 0 unspecified atom stereocenters. The van der Waals surface area contributed by atoms with E-state index in [0.29, 0.717) is 15.1 Å². The Kier molecular flexibility index (Phi) is 3.94. The van der Waals surface area contributed by atoms with Crippen molar-refractivity contribution in [2.45, 2.75) is 0 Å². The number of benzene rings is 2. The molecule has 0 amide bonds. The van der Waals surface area contributed by atoms with Crippen LogP contribution in [0.1, 0.15) is 0 Å². The van der Waals surface area contributed by atoms with E-state index in [1.807, 2.05) is 41.9 Å². The molecule has 0 atom stereocenters. The molecule has 2 aromatic carbocycles. The molecular weight excluding hydrogens is 327 g/mol. The molecule has 5 heteroatoms. The Bertz CT molecular complexity index is 792. The Hall–Kier alpha value is -1.48. The molecule has 0 aliphatic rings. The van der Waals surface area contributed by atoms with Crippen LogP contribution in [0.15, 0.2) is 48.8 Å². The zero-order valence-corrected chi connectivity index (χ0v) is 13.4. The average molecular weight is 338 g/mol. The number of aromatic nitrogens is 2. The molecule has 106 valence electrons. The topological polar surface area (TPSA) is 17.8 Å². The van der Waals surface area contributed by atoms with Crippen LogP contribution in [-0.4, -0.2) is 9.55 Å². The number of rotatable bonds is 2. The van der Waals surface area contributed by atoms with Gasteiger partial charge in [-0.2, -0.15) is 0 Å². The van der Waals surface area contributed by atoms with E-state index < -0.39 is 0 Å². The summed E-state index contributed by atoms with van der Waals surface area (Å²) in [5.74, 6) is 0. The lowest BCUT2D eigenvalue weighted by Gasteiger charge is -2.08. The molecule has 0 fully saturated rings. The lowest BCUT2D eigenvalue weighted by molar-refractivity contribution is 0.921. The summed E-state index contributed by atoms with van der Waals surface area (Å²) in [5, 5.41) is 1.94. The Morgan fingerprint density at radius 3 is 2.29 bits per heavy atom. The van der Waals surface area contributed by atoms with E-state index in [4.69, 9.17) is 34.8 Å². The van der Waals surface area contributed by atoms with E-state index in [9.17, 15) is 0 Å². The SMILES string of the molecule is Cn1cnc(-c2cc(Cl)ccc2Cl)c1-c1ccc(Cl)cc1. The van der Waals surface area contributed by atoms with Gasteiger partial charge in [0.1, 0.15) is 0 Å². The zero-order chi connectivity index (χ0) is 15.0. The molecule has 2 nitrogen and oxygen atoms in total. The maximum atomic E-state index is 6.30. The van der Waals surface area contributed by atoms with Gasteiger partial charge in [0.05, 0.1) is 22.7 Å². The summed E-state index contributed by atoms with van der Waals surface area (Å²) in [6.45, 7) is 0. The zero-order valence-electron chi connectivity index (χ0n) is 11.1. The summed E-state index contributed by atoms with van der Waals surface area (Å²) in [7, 11) is 1.94. The fraction of sp³-hybridized carbons (Fsp3) is 0.0625. The summed E-state index contributed by atoms with van der Waals surface area (Å²) < 4.78 is 1.95. The normalized spacial score (nSPS) is 10.9. The summed E-state index contributed by atoms with van der Waals surface area (Å²) in [6.07, 6.45) is 1.76. The fourth-order valence-electron chi connectivity index (χ4n) is 2.25. The third-order valence-corrected chi connectivity index (χ3v) is 4.05. The third kappa shape index (κ3) is 2.80. The minimum Gasteiger partial charge on any atom is -0.333 e. The van der Waals surface area contributed by atoms with Crippen LogP contribution in [0, 0.1) is 0 Å². The maximum absolute atomic E-state index is 6.30. The number of nitrogens with zero attached hydrogens (tertiary/aromatic N) is 2. The van der Waals surface area contributed by atoms with Crippen LogP contribution in [-0.2, 0) is 7.05 Å². The first kappa shape index (κ1) is 14.5. The second kappa shape index (κ2) is 5.72. The van der Waals surface area contributed by atoms with Crippen molar-refractivity contribution in [3.63, 3.8) is 0 Å². The Balaban J connectivity index is 2.21. The lowest BCUT2D eigenvalue weighted by atomic mass is 10.0. The monoisotopic (exact) mass is 336 g/mol. The van der Waals surface area contributed by atoms with Crippen LogP contribution in [0.5, 0.6) is 0 Å². The largest absolute Gasteiger partial charge is 0.333 e. The molecule has 0 radical (unpaired) electrons. The molecule has 0 saturated heterocycles. The Morgan fingerprint density at radius 1 is 0.905 bits per heavy atom. The van der Waals surface area contributed by atoms with E-state index >= 15 is 0 Å². The second-order valence-corrected chi connectivity index (χ2v) is 5.96. The minimum atomic E-state index is 0.619. The first-order chi connectivity index (χ1) is 10.1. The molecule has 1 aromatic heterocycles. The molecule has 3 aromatic rings. The summed E-state index contributed by atoms with van der Waals surface area (Å²) >= 11 is 18.3. The van der Waals surface area contributed by atoms with E-state index in [0.717, 1.165) is 22.5 Å². The molecule has 0 spiro atoms. The fourth-order valence-corrected chi connectivity index (χ4v) is 2.76. The van der Waals surface area contributed by atoms with Gasteiger partial charge in [-0.1, -0.05) is 46.9 Å². The van der Waals surface area contributed by atoms with Gasteiger partial charge in [-0.05, 0) is 30.3 Å².